The molecule has 0 N–H and O–H groups in total. The maximum Gasteiger partial charge on any atom is 0.474 e. The fraction of sp³-hybridized carbons (Fsp3) is 1.00. The Morgan fingerprint density at radius 3 is 1.58 bits per heavy atom. The molecule has 0 saturated heterocycles. The van der Waals surface area contributed by atoms with Gasteiger partial charge in [-0.25, -0.2) is 4.57 Å². The van der Waals surface area contributed by atoms with Gasteiger partial charge in [-0.15, -0.1) is 58.0 Å². The fourth-order valence-electron chi connectivity index (χ4n) is 0.739. The summed E-state index contributed by atoms with van der Waals surface area (Å²) in [5.41, 5.74) is 0. The Hall–Kier alpha value is 1.56. The summed E-state index contributed by atoms with van der Waals surface area (Å²) in [6.07, 6.45) is 0. The van der Waals surface area contributed by atoms with Crippen LogP contribution < -0.4 is 0 Å². The second-order valence-electron chi connectivity index (χ2n) is 3.62. The van der Waals surface area contributed by atoms with E-state index < -0.39 is 18.6 Å². The van der Waals surface area contributed by atoms with Crippen molar-refractivity contribution in [1.82, 2.24) is 0 Å². The van der Waals surface area contributed by atoms with E-state index in [0.29, 0.717) is 0 Å². The van der Waals surface area contributed by atoms with Crippen molar-refractivity contribution >= 4 is 65.8 Å². The van der Waals surface area contributed by atoms with Gasteiger partial charge in [0.25, 0.3) is 0 Å². The third kappa shape index (κ3) is 10.9. The Labute approximate surface area is 138 Å². The molecule has 3 atom stereocenters. The summed E-state index contributed by atoms with van der Waals surface area (Å²) in [6.45, 7) is 1.53. The molecule has 0 saturated carbocycles. The van der Waals surface area contributed by atoms with Crippen molar-refractivity contribution in [2.45, 2.75) is 23.1 Å². The van der Waals surface area contributed by atoms with Gasteiger partial charge in [0.05, 0.1) is 36.0 Å². The third-order valence-electron chi connectivity index (χ3n) is 1.62. The van der Waals surface area contributed by atoms with Gasteiger partial charge in [0.2, 0.25) is 0 Å². The van der Waals surface area contributed by atoms with Crippen molar-refractivity contribution in [3.8, 4) is 0 Å². The molecule has 0 amide bonds. The van der Waals surface area contributed by atoms with Crippen LogP contribution >= 0.6 is 65.8 Å². The summed E-state index contributed by atoms with van der Waals surface area (Å²) in [5.74, 6) is 0.292. The summed E-state index contributed by atoms with van der Waals surface area (Å²) in [7, 11) is -3.78. The zero-order chi connectivity index (χ0) is 14.9. The van der Waals surface area contributed by atoms with E-state index in [4.69, 9.17) is 71.6 Å². The molecule has 0 aliphatic rings. The lowest BCUT2D eigenvalue weighted by molar-refractivity contribution is 0.115. The highest BCUT2D eigenvalue weighted by Crippen LogP contribution is 2.50. The predicted octanol–water partition coefficient (Wildman–Crippen LogP) is 4.46. The maximum atomic E-state index is 12.2. The Kier molecular flexibility index (Phi) is 12.1. The largest absolute Gasteiger partial charge is 0.474 e. The van der Waals surface area contributed by atoms with Crippen LogP contribution in [0.5, 0.6) is 0 Å². The summed E-state index contributed by atoms with van der Waals surface area (Å²) in [4.78, 5) is 0. The Bertz CT molecular complexity index is 263. The van der Waals surface area contributed by atoms with Crippen LogP contribution in [-0.4, -0.2) is 47.7 Å². The summed E-state index contributed by atoms with van der Waals surface area (Å²) >= 11 is 28.3. The van der Waals surface area contributed by atoms with Crippen LogP contribution in [0.4, 0.5) is 0 Å². The molecular weight excluding hydrogens is 380 g/mol. The second kappa shape index (κ2) is 11.2. The third-order valence-corrected chi connectivity index (χ3v) is 4.77. The molecule has 116 valence electrons. The zero-order valence-corrected chi connectivity index (χ0v) is 14.9. The van der Waals surface area contributed by atoms with Crippen molar-refractivity contribution in [2.75, 3.05) is 31.6 Å². The van der Waals surface area contributed by atoms with Crippen molar-refractivity contribution in [2.24, 2.45) is 0 Å². The van der Waals surface area contributed by atoms with Gasteiger partial charge in [-0.3, -0.25) is 13.6 Å². The molecule has 4 nitrogen and oxygen atoms in total. The lowest BCUT2D eigenvalue weighted by atomic mass is 10.5. The molecule has 0 heterocycles. The first-order valence-corrected chi connectivity index (χ1v) is 9.24. The van der Waals surface area contributed by atoms with E-state index in [9.17, 15) is 4.57 Å². The van der Waals surface area contributed by atoms with E-state index in [1.54, 1.807) is 6.92 Å². The summed E-state index contributed by atoms with van der Waals surface area (Å²) in [6, 6.07) is 0. The number of hydrogen-bond acceptors (Lipinski definition) is 4. The van der Waals surface area contributed by atoms with Gasteiger partial charge in [0, 0.05) is 11.8 Å². The van der Waals surface area contributed by atoms with Crippen LogP contribution in [0.2, 0.25) is 0 Å². The molecule has 0 radical (unpaired) electrons. The van der Waals surface area contributed by atoms with E-state index in [2.05, 4.69) is 0 Å². The molecule has 0 aliphatic carbocycles. The van der Waals surface area contributed by atoms with Gasteiger partial charge in [-0.05, 0) is 6.92 Å². The molecule has 0 aliphatic heterocycles. The summed E-state index contributed by atoms with van der Waals surface area (Å²) in [5, 5.41) is -1.36. The quantitative estimate of drug-likeness (QED) is 0.382. The second-order valence-corrected chi connectivity index (χ2v) is 7.88. The molecule has 0 fully saturated rings. The van der Waals surface area contributed by atoms with Gasteiger partial charge in [-0.2, -0.15) is 0 Å². The van der Waals surface area contributed by atoms with Crippen LogP contribution in [0.15, 0.2) is 0 Å². The minimum absolute atomic E-state index is 0.000484. The van der Waals surface area contributed by atoms with Crippen LogP contribution in [-0.2, 0) is 18.1 Å². The highest BCUT2D eigenvalue weighted by atomic mass is 35.5. The summed E-state index contributed by atoms with van der Waals surface area (Å²) < 4.78 is 27.4. The standard InChI is InChI=1S/C9H16Cl5O4P/c1-7(12)4-16-19(15,17-5-8(13)2-10)18-6-9(14)3-11/h7-9H,2-6H2,1H3. The van der Waals surface area contributed by atoms with E-state index in [-0.39, 0.29) is 37.0 Å². The number of halogens is 5. The molecular formula is C9H16Cl5O4P. The number of phosphoric acid groups is 1. The minimum Gasteiger partial charge on any atom is -0.285 e. The molecule has 0 rings (SSSR count). The van der Waals surface area contributed by atoms with E-state index in [1.807, 2.05) is 0 Å². The van der Waals surface area contributed by atoms with E-state index in [0.717, 1.165) is 0 Å². The molecule has 10 heteroatoms. The smallest absolute Gasteiger partial charge is 0.285 e. The first kappa shape index (κ1) is 20.6. The topological polar surface area (TPSA) is 44.8 Å². The molecule has 0 bridgehead atoms. The number of phosphoric ester groups is 1. The molecule has 0 spiro atoms. The van der Waals surface area contributed by atoms with Gasteiger partial charge in [0.1, 0.15) is 0 Å². The van der Waals surface area contributed by atoms with E-state index >= 15 is 0 Å². The van der Waals surface area contributed by atoms with Gasteiger partial charge < -0.3 is 0 Å². The average molecular weight is 396 g/mol. The van der Waals surface area contributed by atoms with Crippen molar-refractivity contribution in [3.05, 3.63) is 0 Å². The maximum absolute atomic E-state index is 12.2. The lowest BCUT2D eigenvalue weighted by Gasteiger charge is -2.20. The Morgan fingerprint density at radius 1 is 0.895 bits per heavy atom. The van der Waals surface area contributed by atoms with Crippen LogP contribution in [0, 0.1) is 0 Å². The monoisotopic (exact) mass is 394 g/mol. The predicted molar refractivity (Wildman–Crippen MR) is 81.5 cm³/mol. The first-order chi connectivity index (χ1) is 8.83. The zero-order valence-electron chi connectivity index (χ0n) is 10.2. The molecule has 0 aromatic heterocycles. The highest BCUT2D eigenvalue weighted by molar-refractivity contribution is 7.48. The Morgan fingerprint density at radius 2 is 1.26 bits per heavy atom. The first-order valence-electron chi connectivity index (χ1n) is 5.40. The van der Waals surface area contributed by atoms with Crippen LogP contribution in [0.25, 0.3) is 0 Å². The van der Waals surface area contributed by atoms with Crippen molar-refractivity contribution in [3.63, 3.8) is 0 Å². The normalized spacial score (nSPS) is 19.7. The van der Waals surface area contributed by atoms with Gasteiger partial charge >= 0.3 is 7.82 Å². The lowest BCUT2D eigenvalue weighted by Crippen LogP contribution is -2.16. The van der Waals surface area contributed by atoms with E-state index in [1.165, 1.54) is 0 Å². The number of alkyl halides is 5. The van der Waals surface area contributed by atoms with Gasteiger partial charge in [-0.1, -0.05) is 0 Å². The molecule has 0 aromatic carbocycles. The SMILES string of the molecule is CC(Cl)COP(=O)(OCC(Cl)CCl)OCC(Cl)CCl. The average Bonchev–Trinajstić information content (AvgIpc) is 2.40. The number of hydrogen-bond donors (Lipinski definition) is 0. The Balaban J connectivity index is 4.39. The van der Waals surface area contributed by atoms with Crippen molar-refractivity contribution < 1.29 is 18.1 Å². The van der Waals surface area contributed by atoms with Crippen LogP contribution in [0.3, 0.4) is 0 Å². The van der Waals surface area contributed by atoms with Crippen molar-refractivity contribution in [1.29, 1.82) is 0 Å². The van der Waals surface area contributed by atoms with Crippen LogP contribution in [0.1, 0.15) is 6.92 Å². The fourth-order valence-corrected chi connectivity index (χ4v) is 2.72. The minimum atomic E-state index is -3.78. The molecule has 0 aromatic rings. The van der Waals surface area contributed by atoms with Gasteiger partial charge in [0.15, 0.2) is 0 Å². The molecule has 19 heavy (non-hydrogen) atoms. The highest BCUT2D eigenvalue weighted by Gasteiger charge is 2.29. The number of rotatable bonds is 11. The molecule has 3 unspecified atom stereocenters.